The van der Waals surface area contributed by atoms with Gasteiger partial charge in [-0.25, -0.2) is 0 Å². The smallest absolute Gasteiger partial charge is 0.248 e. The summed E-state index contributed by atoms with van der Waals surface area (Å²) >= 11 is 1.32. The number of nitrogens with two attached hydrogens (primary N) is 1. The molecule has 3 N–H and O–H groups in total. The highest BCUT2D eigenvalue weighted by atomic mass is 32.2. The number of ether oxygens (including phenoxy) is 1. The second kappa shape index (κ2) is 9.93. The van der Waals surface area contributed by atoms with Crippen molar-refractivity contribution in [2.24, 2.45) is 5.73 Å². The molecule has 0 unspecified atom stereocenters. The molecule has 0 atom stereocenters. The average Bonchev–Trinajstić information content (AvgIpc) is 3.13. The lowest BCUT2D eigenvalue weighted by Gasteiger charge is -2.09. The molecule has 1 aromatic heterocycles. The fraction of sp³-hybridized carbons (Fsp3) is 0.238. The summed E-state index contributed by atoms with van der Waals surface area (Å²) in [6.45, 7) is 2.33. The number of amides is 2. The number of aryl methyl sites for hydroxylation is 1. The zero-order valence-electron chi connectivity index (χ0n) is 16.8. The number of benzene rings is 2. The number of hydrogen-bond donors (Lipinski definition) is 2. The maximum atomic E-state index is 12.2. The van der Waals surface area contributed by atoms with E-state index in [-0.39, 0.29) is 11.7 Å². The van der Waals surface area contributed by atoms with Crippen molar-refractivity contribution < 1.29 is 14.3 Å². The highest BCUT2D eigenvalue weighted by Gasteiger charge is 2.13. The third-order valence-electron chi connectivity index (χ3n) is 4.41. The fourth-order valence-corrected chi connectivity index (χ4v) is 3.70. The van der Waals surface area contributed by atoms with Gasteiger partial charge in [0.25, 0.3) is 0 Å². The Labute approximate surface area is 178 Å². The Morgan fingerprint density at radius 2 is 1.93 bits per heavy atom. The highest BCUT2D eigenvalue weighted by Crippen LogP contribution is 2.23. The van der Waals surface area contributed by atoms with Crippen LogP contribution < -0.4 is 15.8 Å². The van der Waals surface area contributed by atoms with Gasteiger partial charge in [-0.2, -0.15) is 0 Å². The Morgan fingerprint density at radius 3 is 2.63 bits per heavy atom. The summed E-state index contributed by atoms with van der Waals surface area (Å²) in [5.41, 5.74) is 7.59. The molecule has 0 bridgehead atoms. The largest absolute Gasteiger partial charge is 0.497 e. The molecule has 156 valence electrons. The molecule has 1 heterocycles. The first-order chi connectivity index (χ1) is 14.5. The highest BCUT2D eigenvalue weighted by molar-refractivity contribution is 7.99. The topological polar surface area (TPSA) is 112 Å². The van der Waals surface area contributed by atoms with Gasteiger partial charge in [-0.3, -0.25) is 14.2 Å². The lowest BCUT2D eigenvalue weighted by atomic mass is 10.1. The van der Waals surface area contributed by atoms with Crippen molar-refractivity contribution in [3.05, 3.63) is 65.5 Å². The summed E-state index contributed by atoms with van der Waals surface area (Å²) < 4.78 is 7.09. The van der Waals surface area contributed by atoms with Gasteiger partial charge in [-0.1, -0.05) is 23.9 Å². The van der Waals surface area contributed by atoms with Crippen molar-refractivity contribution in [1.29, 1.82) is 0 Å². The second-order valence-corrected chi connectivity index (χ2v) is 7.46. The van der Waals surface area contributed by atoms with Crippen LogP contribution in [0, 0.1) is 6.92 Å². The van der Waals surface area contributed by atoms with E-state index in [9.17, 15) is 9.59 Å². The van der Waals surface area contributed by atoms with Gasteiger partial charge < -0.3 is 15.8 Å². The molecular weight excluding hydrogens is 402 g/mol. The molecule has 0 fully saturated rings. The maximum Gasteiger partial charge on any atom is 0.248 e. The minimum atomic E-state index is -0.464. The number of nitrogens with one attached hydrogen (secondary N) is 1. The van der Waals surface area contributed by atoms with Gasteiger partial charge in [-0.05, 0) is 55.3 Å². The van der Waals surface area contributed by atoms with E-state index >= 15 is 0 Å². The number of thioether (sulfide) groups is 1. The standard InChI is InChI=1S/C21H23N5O3S/c1-14-24-25-21(26(14)17-6-8-18(29-2)9-7-17)30-13-19(27)23-11-10-15-4-3-5-16(12-15)20(22)28/h3-9,12H,10-11,13H2,1-2H3,(H2,22,28)(H,23,27). The third kappa shape index (κ3) is 5.38. The average molecular weight is 426 g/mol. The van der Waals surface area contributed by atoms with Gasteiger partial charge in [0.05, 0.1) is 12.9 Å². The molecule has 3 aromatic rings. The summed E-state index contributed by atoms with van der Waals surface area (Å²) in [4.78, 5) is 23.5. The zero-order valence-corrected chi connectivity index (χ0v) is 17.6. The molecule has 0 aliphatic heterocycles. The molecule has 2 amide bonds. The van der Waals surface area contributed by atoms with Crippen LogP contribution in [0.15, 0.2) is 53.7 Å². The van der Waals surface area contributed by atoms with Crippen LogP contribution in [0.2, 0.25) is 0 Å². The van der Waals surface area contributed by atoms with Crippen molar-refractivity contribution in [3.8, 4) is 11.4 Å². The lowest BCUT2D eigenvalue weighted by Crippen LogP contribution is -2.27. The summed E-state index contributed by atoms with van der Waals surface area (Å²) in [6, 6.07) is 14.6. The number of hydrogen-bond acceptors (Lipinski definition) is 6. The number of carbonyl (C=O) groups excluding carboxylic acids is 2. The van der Waals surface area contributed by atoms with E-state index < -0.39 is 5.91 Å². The molecule has 0 spiro atoms. The van der Waals surface area contributed by atoms with E-state index in [2.05, 4.69) is 15.5 Å². The number of aromatic nitrogens is 3. The van der Waals surface area contributed by atoms with Crippen LogP contribution in [0.5, 0.6) is 5.75 Å². The fourth-order valence-electron chi connectivity index (χ4n) is 2.87. The van der Waals surface area contributed by atoms with Crippen molar-refractivity contribution in [2.75, 3.05) is 19.4 Å². The molecular formula is C21H23N5O3S. The van der Waals surface area contributed by atoms with E-state index in [0.717, 1.165) is 22.8 Å². The quantitative estimate of drug-likeness (QED) is 0.508. The van der Waals surface area contributed by atoms with Crippen LogP contribution in [0.3, 0.4) is 0 Å². The van der Waals surface area contributed by atoms with E-state index in [4.69, 9.17) is 10.5 Å². The number of primary amides is 1. The van der Waals surface area contributed by atoms with Crippen molar-refractivity contribution >= 4 is 23.6 Å². The summed E-state index contributed by atoms with van der Waals surface area (Å²) in [5.74, 6) is 1.15. The second-order valence-electron chi connectivity index (χ2n) is 6.52. The van der Waals surface area contributed by atoms with Crippen LogP contribution in [0.4, 0.5) is 0 Å². The summed E-state index contributed by atoms with van der Waals surface area (Å²) in [6.07, 6.45) is 0.610. The molecule has 0 saturated heterocycles. The van der Waals surface area contributed by atoms with Crippen LogP contribution in [-0.4, -0.2) is 46.0 Å². The van der Waals surface area contributed by atoms with Crippen LogP contribution in [0.1, 0.15) is 21.7 Å². The van der Waals surface area contributed by atoms with Crippen molar-refractivity contribution in [1.82, 2.24) is 20.1 Å². The van der Waals surface area contributed by atoms with E-state index in [1.54, 1.807) is 25.3 Å². The number of carbonyl (C=O) groups is 2. The van der Waals surface area contributed by atoms with Gasteiger partial charge >= 0.3 is 0 Å². The SMILES string of the molecule is COc1ccc(-n2c(C)nnc2SCC(=O)NCCc2cccc(C(N)=O)c2)cc1. The summed E-state index contributed by atoms with van der Waals surface area (Å²) in [5, 5.41) is 11.8. The van der Waals surface area contributed by atoms with Gasteiger partial charge in [0.2, 0.25) is 11.8 Å². The van der Waals surface area contributed by atoms with E-state index in [0.29, 0.717) is 23.7 Å². The molecule has 0 aliphatic carbocycles. The first kappa shape index (κ1) is 21.4. The minimum Gasteiger partial charge on any atom is -0.497 e. The molecule has 9 heteroatoms. The predicted octanol–water partition coefficient (Wildman–Crippen LogP) is 2.13. The molecule has 30 heavy (non-hydrogen) atoms. The monoisotopic (exact) mass is 425 g/mol. The van der Waals surface area contributed by atoms with E-state index in [1.165, 1.54) is 11.8 Å². The molecule has 0 aliphatic rings. The predicted molar refractivity (Wildman–Crippen MR) is 115 cm³/mol. The van der Waals surface area contributed by atoms with Gasteiger partial charge in [0, 0.05) is 17.8 Å². The van der Waals surface area contributed by atoms with Crippen LogP contribution >= 0.6 is 11.8 Å². The van der Waals surface area contributed by atoms with Crippen LogP contribution in [0.25, 0.3) is 5.69 Å². The number of methoxy groups -OCH3 is 1. The lowest BCUT2D eigenvalue weighted by molar-refractivity contribution is -0.118. The molecule has 8 nitrogen and oxygen atoms in total. The molecule has 0 radical (unpaired) electrons. The van der Waals surface area contributed by atoms with Gasteiger partial charge in [-0.15, -0.1) is 10.2 Å². The number of nitrogens with zero attached hydrogens (tertiary/aromatic N) is 3. The Hall–Kier alpha value is -3.33. The Balaban J connectivity index is 1.54. The first-order valence-electron chi connectivity index (χ1n) is 9.32. The zero-order chi connectivity index (χ0) is 21.5. The normalized spacial score (nSPS) is 10.6. The maximum absolute atomic E-state index is 12.2. The molecule has 0 saturated carbocycles. The third-order valence-corrected chi connectivity index (χ3v) is 5.33. The van der Waals surface area contributed by atoms with Crippen LogP contribution in [-0.2, 0) is 11.2 Å². The number of rotatable bonds is 9. The minimum absolute atomic E-state index is 0.104. The Bertz CT molecular complexity index is 1030. The van der Waals surface area contributed by atoms with E-state index in [1.807, 2.05) is 41.8 Å². The molecule has 2 aromatic carbocycles. The first-order valence-corrected chi connectivity index (χ1v) is 10.3. The Morgan fingerprint density at radius 1 is 1.17 bits per heavy atom. The van der Waals surface area contributed by atoms with Crippen molar-refractivity contribution in [3.63, 3.8) is 0 Å². The van der Waals surface area contributed by atoms with Gasteiger partial charge in [0.15, 0.2) is 5.16 Å². The van der Waals surface area contributed by atoms with Gasteiger partial charge in [0.1, 0.15) is 11.6 Å². The Kier molecular flexibility index (Phi) is 7.08. The summed E-state index contributed by atoms with van der Waals surface area (Å²) in [7, 11) is 1.62. The van der Waals surface area contributed by atoms with Crippen molar-refractivity contribution in [2.45, 2.75) is 18.5 Å². The molecule has 3 rings (SSSR count).